The Kier molecular flexibility index (Phi) is 3.10. The van der Waals surface area contributed by atoms with Crippen molar-refractivity contribution in [3.05, 3.63) is 70.8 Å². The van der Waals surface area contributed by atoms with Gasteiger partial charge in [-0.3, -0.25) is 4.79 Å². The van der Waals surface area contributed by atoms with E-state index in [4.69, 9.17) is 16.3 Å². The summed E-state index contributed by atoms with van der Waals surface area (Å²) in [5.74, 6) is 0.683. The molecule has 2 aromatic carbocycles. The second-order valence-corrected chi connectivity index (χ2v) is 4.69. The molecule has 2 aromatic rings. The molecule has 0 amide bonds. The van der Waals surface area contributed by atoms with Crippen LogP contribution < -0.4 is 4.74 Å². The molecule has 1 atom stereocenters. The smallest absolute Gasteiger partial charge is 0.160 e. The van der Waals surface area contributed by atoms with Crippen molar-refractivity contribution in [1.82, 2.24) is 0 Å². The Bertz CT molecular complexity index is 647. The van der Waals surface area contributed by atoms with Gasteiger partial charge >= 0.3 is 0 Å². The van der Waals surface area contributed by atoms with Gasteiger partial charge in [-0.1, -0.05) is 60.1 Å². The van der Waals surface area contributed by atoms with E-state index in [0.717, 1.165) is 17.4 Å². The molecule has 0 aromatic heterocycles. The maximum atomic E-state index is 11.3. The average molecular weight is 271 g/mol. The molecular formula is C16H11ClO2. The summed E-state index contributed by atoms with van der Waals surface area (Å²) in [5.41, 5.74) is 2.17. The molecule has 0 fully saturated rings. The molecule has 94 valence electrons. The summed E-state index contributed by atoms with van der Waals surface area (Å²) >= 11 is 6.33. The topological polar surface area (TPSA) is 26.3 Å². The Morgan fingerprint density at radius 3 is 2.42 bits per heavy atom. The van der Waals surface area contributed by atoms with Crippen LogP contribution in [0.1, 0.15) is 17.2 Å². The van der Waals surface area contributed by atoms with Crippen LogP contribution in [0.5, 0.6) is 5.75 Å². The molecule has 0 saturated carbocycles. The van der Waals surface area contributed by atoms with Crippen LogP contribution in [0.3, 0.4) is 0 Å². The molecule has 0 radical (unpaired) electrons. The third-order valence-electron chi connectivity index (χ3n) is 3.13. The van der Waals surface area contributed by atoms with Crippen LogP contribution in [-0.4, -0.2) is 6.29 Å². The lowest BCUT2D eigenvalue weighted by molar-refractivity contribution is -0.103. The van der Waals surface area contributed by atoms with Crippen molar-refractivity contribution < 1.29 is 9.53 Å². The molecule has 3 heteroatoms. The number of carbonyl (C=O) groups excluding carboxylic acids is 1. The fourth-order valence-corrected chi connectivity index (χ4v) is 2.52. The van der Waals surface area contributed by atoms with Gasteiger partial charge in [-0.25, -0.2) is 0 Å². The lowest BCUT2D eigenvalue weighted by atomic mass is 9.98. The van der Waals surface area contributed by atoms with Gasteiger partial charge in [0.1, 0.15) is 5.75 Å². The predicted octanol–water partition coefficient (Wildman–Crippen LogP) is 3.97. The zero-order valence-corrected chi connectivity index (χ0v) is 10.8. The summed E-state index contributed by atoms with van der Waals surface area (Å²) in [5, 5.41) is 0.430. The summed E-state index contributed by atoms with van der Waals surface area (Å²) in [6, 6.07) is 17.1. The quantitative estimate of drug-likeness (QED) is 0.772. The zero-order chi connectivity index (χ0) is 13.2. The maximum absolute atomic E-state index is 11.3. The minimum atomic E-state index is -0.419. The fourth-order valence-electron chi connectivity index (χ4n) is 2.20. The fraction of sp³-hybridized carbons (Fsp3) is 0.0625. The highest BCUT2D eigenvalue weighted by atomic mass is 35.5. The molecule has 0 N–H and O–H groups in total. The van der Waals surface area contributed by atoms with E-state index >= 15 is 0 Å². The number of hydrogen-bond acceptors (Lipinski definition) is 2. The first-order valence-corrected chi connectivity index (χ1v) is 6.35. The van der Waals surface area contributed by atoms with Gasteiger partial charge in [0.2, 0.25) is 0 Å². The standard InChI is InChI=1S/C16H11ClO2/c17-15-13(10-18)12-8-4-5-9-14(12)19-16(15)11-6-2-1-3-7-11/h1-10,16H. The van der Waals surface area contributed by atoms with Crippen LogP contribution in [0, 0.1) is 0 Å². The van der Waals surface area contributed by atoms with E-state index < -0.39 is 6.10 Å². The van der Waals surface area contributed by atoms with Crippen LogP contribution in [0.25, 0.3) is 5.57 Å². The monoisotopic (exact) mass is 270 g/mol. The Labute approximate surface area is 116 Å². The van der Waals surface area contributed by atoms with Crippen LogP contribution >= 0.6 is 11.6 Å². The number of para-hydroxylation sites is 1. The van der Waals surface area contributed by atoms with E-state index in [1.54, 1.807) is 0 Å². The van der Waals surface area contributed by atoms with Crippen LogP contribution in [-0.2, 0) is 4.79 Å². The van der Waals surface area contributed by atoms with E-state index in [1.165, 1.54) is 0 Å². The van der Waals surface area contributed by atoms with E-state index in [0.29, 0.717) is 16.4 Å². The van der Waals surface area contributed by atoms with Crippen molar-refractivity contribution in [1.29, 1.82) is 0 Å². The van der Waals surface area contributed by atoms with Crippen molar-refractivity contribution in [2.75, 3.05) is 0 Å². The molecule has 1 heterocycles. The lowest BCUT2D eigenvalue weighted by Crippen LogP contribution is -2.15. The highest BCUT2D eigenvalue weighted by Gasteiger charge is 2.28. The van der Waals surface area contributed by atoms with Crippen LogP contribution in [0.2, 0.25) is 0 Å². The molecule has 0 saturated heterocycles. The van der Waals surface area contributed by atoms with Gasteiger partial charge in [0.05, 0.1) is 5.03 Å². The number of rotatable bonds is 2. The normalized spacial score (nSPS) is 17.6. The summed E-state index contributed by atoms with van der Waals surface area (Å²) in [6.07, 6.45) is 0.373. The van der Waals surface area contributed by atoms with E-state index in [1.807, 2.05) is 54.6 Å². The SMILES string of the molecule is O=CC1=C(Cl)C(c2ccccc2)Oc2ccccc21. The van der Waals surface area contributed by atoms with Crippen molar-refractivity contribution in [2.45, 2.75) is 6.10 Å². The second kappa shape index (κ2) is 4.90. The van der Waals surface area contributed by atoms with Crippen molar-refractivity contribution in [3.8, 4) is 5.75 Å². The van der Waals surface area contributed by atoms with Gasteiger partial charge in [-0.2, -0.15) is 0 Å². The number of aldehydes is 1. The first-order valence-electron chi connectivity index (χ1n) is 5.97. The summed E-state index contributed by atoms with van der Waals surface area (Å²) in [6.45, 7) is 0. The molecule has 1 aliphatic heterocycles. The Morgan fingerprint density at radius 1 is 1.00 bits per heavy atom. The zero-order valence-electron chi connectivity index (χ0n) is 10.0. The second-order valence-electron chi connectivity index (χ2n) is 4.28. The van der Waals surface area contributed by atoms with Crippen LogP contribution in [0.15, 0.2) is 59.6 Å². The highest BCUT2D eigenvalue weighted by Crippen LogP contribution is 2.42. The third-order valence-corrected chi connectivity index (χ3v) is 3.53. The molecule has 2 nitrogen and oxygen atoms in total. The average Bonchev–Trinajstić information content (AvgIpc) is 2.47. The van der Waals surface area contributed by atoms with Crippen molar-refractivity contribution >= 4 is 23.5 Å². The van der Waals surface area contributed by atoms with Gasteiger partial charge in [0, 0.05) is 11.1 Å². The van der Waals surface area contributed by atoms with Gasteiger partial charge in [0.25, 0.3) is 0 Å². The summed E-state index contributed by atoms with van der Waals surface area (Å²) in [4.78, 5) is 11.3. The maximum Gasteiger partial charge on any atom is 0.160 e. The van der Waals surface area contributed by atoms with Gasteiger partial charge in [-0.15, -0.1) is 0 Å². The Morgan fingerprint density at radius 2 is 1.68 bits per heavy atom. The van der Waals surface area contributed by atoms with E-state index in [2.05, 4.69) is 0 Å². The van der Waals surface area contributed by atoms with E-state index in [-0.39, 0.29) is 0 Å². The molecule has 0 aliphatic carbocycles. The number of halogens is 1. The molecule has 0 bridgehead atoms. The van der Waals surface area contributed by atoms with Gasteiger partial charge < -0.3 is 4.74 Å². The minimum absolute atomic E-state index is 0.419. The number of benzene rings is 2. The van der Waals surface area contributed by atoms with Gasteiger partial charge in [0.15, 0.2) is 12.4 Å². The minimum Gasteiger partial charge on any atom is -0.479 e. The first-order chi connectivity index (χ1) is 9.31. The first kappa shape index (κ1) is 12.0. The summed E-state index contributed by atoms with van der Waals surface area (Å²) < 4.78 is 5.91. The van der Waals surface area contributed by atoms with Crippen molar-refractivity contribution in [3.63, 3.8) is 0 Å². The molecule has 0 spiro atoms. The van der Waals surface area contributed by atoms with Crippen LogP contribution in [0.4, 0.5) is 0 Å². The lowest BCUT2D eigenvalue weighted by Gasteiger charge is -2.26. The summed E-state index contributed by atoms with van der Waals surface area (Å²) in [7, 11) is 0. The number of fused-ring (bicyclic) bond motifs is 1. The Hall–Kier alpha value is -2.06. The molecule has 1 unspecified atom stereocenters. The molecule has 19 heavy (non-hydrogen) atoms. The van der Waals surface area contributed by atoms with Gasteiger partial charge in [-0.05, 0) is 11.6 Å². The van der Waals surface area contributed by atoms with Crippen molar-refractivity contribution in [2.24, 2.45) is 0 Å². The van der Waals surface area contributed by atoms with E-state index in [9.17, 15) is 4.79 Å². The number of allylic oxidation sites excluding steroid dienone is 1. The highest BCUT2D eigenvalue weighted by molar-refractivity contribution is 6.37. The number of carbonyl (C=O) groups is 1. The third kappa shape index (κ3) is 2.04. The Balaban J connectivity index is 2.15. The number of hydrogen-bond donors (Lipinski definition) is 0. The predicted molar refractivity (Wildman–Crippen MR) is 75.1 cm³/mol. The molecular weight excluding hydrogens is 260 g/mol. The molecule has 3 rings (SSSR count). The largest absolute Gasteiger partial charge is 0.479 e. The number of ether oxygens (including phenoxy) is 1. The molecule has 1 aliphatic rings.